The largest absolute Gasteiger partial charge is 0.452 e. The minimum absolute atomic E-state index is 0.171. The van der Waals surface area contributed by atoms with Gasteiger partial charge in [0.15, 0.2) is 6.61 Å². The van der Waals surface area contributed by atoms with Gasteiger partial charge >= 0.3 is 5.97 Å². The van der Waals surface area contributed by atoms with Gasteiger partial charge in [-0.1, -0.05) is 28.9 Å². The SMILES string of the molecule is Cc1cc(NC(=O)COC(=O)c2cccc(N3C(=O)[C@H]4C[C@@H](C)CC[C@H]4C3=O)c2)cc(C)c1Br. The van der Waals surface area contributed by atoms with E-state index in [1.165, 1.54) is 17.0 Å². The number of nitrogens with zero attached hydrogens (tertiary/aromatic N) is 1. The van der Waals surface area contributed by atoms with Gasteiger partial charge in [0.2, 0.25) is 11.8 Å². The Labute approximate surface area is 207 Å². The van der Waals surface area contributed by atoms with Crippen LogP contribution in [0, 0.1) is 31.6 Å². The van der Waals surface area contributed by atoms with Crippen molar-refractivity contribution in [1.82, 2.24) is 0 Å². The maximum Gasteiger partial charge on any atom is 0.338 e. The number of aryl methyl sites for hydroxylation is 2. The van der Waals surface area contributed by atoms with E-state index in [-0.39, 0.29) is 29.2 Å². The van der Waals surface area contributed by atoms with Gasteiger partial charge in [-0.25, -0.2) is 4.79 Å². The molecule has 1 N–H and O–H groups in total. The Morgan fingerprint density at radius 3 is 2.44 bits per heavy atom. The first-order valence-electron chi connectivity index (χ1n) is 11.4. The molecule has 34 heavy (non-hydrogen) atoms. The van der Waals surface area contributed by atoms with Crippen molar-refractivity contribution < 1.29 is 23.9 Å². The monoisotopic (exact) mass is 526 g/mol. The molecule has 4 rings (SSSR count). The van der Waals surface area contributed by atoms with E-state index in [4.69, 9.17) is 4.74 Å². The quantitative estimate of drug-likeness (QED) is 0.446. The summed E-state index contributed by atoms with van der Waals surface area (Å²) in [4.78, 5) is 52.0. The van der Waals surface area contributed by atoms with E-state index in [9.17, 15) is 19.2 Å². The summed E-state index contributed by atoms with van der Waals surface area (Å²) in [6.07, 6.45) is 2.35. The average Bonchev–Trinajstić information content (AvgIpc) is 3.05. The van der Waals surface area contributed by atoms with Crippen LogP contribution in [0.5, 0.6) is 0 Å². The lowest BCUT2D eigenvalue weighted by Crippen LogP contribution is -2.31. The molecule has 2 fully saturated rings. The molecule has 0 unspecified atom stereocenters. The highest BCUT2D eigenvalue weighted by Crippen LogP contribution is 2.42. The molecule has 3 amide bonds. The van der Waals surface area contributed by atoms with Gasteiger partial charge in [0.1, 0.15) is 0 Å². The minimum atomic E-state index is -0.703. The minimum Gasteiger partial charge on any atom is -0.452 e. The van der Waals surface area contributed by atoms with Crippen LogP contribution in [0.4, 0.5) is 11.4 Å². The van der Waals surface area contributed by atoms with Gasteiger partial charge in [-0.05, 0) is 80.5 Å². The van der Waals surface area contributed by atoms with Crippen molar-refractivity contribution in [3.05, 3.63) is 57.6 Å². The highest BCUT2D eigenvalue weighted by atomic mass is 79.9. The molecule has 0 spiro atoms. The number of esters is 1. The lowest BCUT2D eigenvalue weighted by molar-refractivity contribution is -0.122. The lowest BCUT2D eigenvalue weighted by Gasteiger charge is -2.25. The number of imide groups is 1. The van der Waals surface area contributed by atoms with E-state index in [0.29, 0.717) is 30.1 Å². The van der Waals surface area contributed by atoms with Crippen LogP contribution in [-0.2, 0) is 19.1 Å². The third-order valence-corrected chi connectivity index (χ3v) is 7.83. The number of anilines is 2. The highest BCUT2D eigenvalue weighted by Gasteiger charge is 2.50. The van der Waals surface area contributed by atoms with Gasteiger partial charge in [0.25, 0.3) is 5.91 Å². The van der Waals surface area contributed by atoms with E-state index in [2.05, 4.69) is 28.2 Å². The average molecular weight is 527 g/mol. The number of benzene rings is 2. The Hall–Kier alpha value is -3.00. The van der Waals surface area contributed by atoms with E-state index in [1.54, 1.807) is 12.1 Å². The Morgan fingerprint density at radius 2 is 1.74 bits per heavy atom. The zero-order valence-electron chi connectivity index (χ0n) is 19.4. The molecule has 1 aliphatic carbocycles. The van der Waals surface area contributed by atoms with Crippen LogP contribution in [-0.4, -0.2) is 30.3 Å². The summed E-state index contributed by atoms with van der Waals surface area (Å²) in [5.41, 5.74) is 3.10. The fraction of sp³-hybridized carbons (Fsp3) is 0.385. The van der Waals surface area contributed by atoms with E-state index in [0.717, 1.165) is 22.0 Å². The van der Waals surface area contributed by atoms with Gasteiger partial charge in [0.05, 0.1) is 23.1 Å². The Kier molecular flexibility index (Phi) is 6.89. The Balaban J connectivity index is 1.41. The number of nitrogens with one attached hydrogen (secondary N) is 1. The molecule has 1 saturated carbocycles. The number of carbonyl (C=O) groups is 4. The normalized spacial score (nSPS) is 21.9. The molecular weight excluding hydrogens is 500 g/mol. The molecule has 2 aromatic carbocycles. The van der Waals surface area contributed by atoms with Crippen molar-refractivity contribution in [2.75, 3.05) is 16.8 Å². The number of amides is 3. The highest BCUT2D eigenvalue weighted by molar-refractivity contribution is 9.10. The van der Waals surface area contributed by atoms with Crippen molar-refractivity contribution in [2.24, 2.45) is 17.8 Å². The molecule has 3 atom stereocenters. The molecule has 0 bridgehead atoms. The zero-order chi connectivity index (χ0) is 24.6. The summed E-state index contributed by atoms with van der Waals surface area (Å²) in [6.45, 7) is 5.49. The van der Waals surface area contributed by atoms with Crippen LogP contribution in [0.2, 0.25) is 0 Å². The molecule has 0 radical (unpaired) electrons. The molecule has 0 aromatic heterocycles. The number of hydrogen-bond donors (Lipinski definition) is 1. The van der Waals surface area contributed by atoms with Crippen LogP contribution in [0.15, 0.2) is 40.9 Å². The van der Waals surface area contributed by atoms with Crippen LogP contribution >= 0.6 is 15.9 Å². The first kappa shape index (κ1) is 24.1. The summed E-state index contributed by atoms with van der Waals surface area (Å²) in [5.74, 6) is -1.73. The van der Waals surface area contributed by atoms with Crippen molar-refractivity contribution in [1.29, 1.82) is 0 Å². The maximum absolute atomic E-state index is 13.0. The predicted octanol–water partition coefficient (Wildman–Crippen LogP) is 4.79. The molecule has 1 heterocycles. The Morgan fingerprint density at radius 1 is 1.06 bits per heavy atom. The second kappa shape index (κ2) is 9.70. The topological polar surface area (TPSA) is 92.8 Å². The smallest absolute Gasteiger partial charge is 0.338 e. The molecule has 2 aromatic rings. The number of rotatable bonds is 5. The molecule has 178 valence electrons. The molecule has 1 saturated heterocycles. The van der Waals surface area contributed by atoms with Crippen LogP contribution in [0.25, 0.3) is 0 Å². The van der Waals surface area contributed by atoms with E-state index in [1.807, 2.05) is 26.0 Å². The van der Waals surface area contributed by atoms with Crippen molar-refractivity contribution >= 4 is 51.0 Å². The van der Waals surface area contributed by atoms with Crippen molar-refractivity contribution in [3.63, 3.8) is 0 Å². The number of hydrogen-bond acceptors (Lipinski definition) is 5. The zero-order valence-corrected chi connectivity index (χ0v) is 21.0. The number of ether oxygens (including phenoxy) is 1. The summed E-state index contributed by atoms with van der Waals surface area (Å²) >= 11 is 3.49. The van der Waals surface area contributed by atoms with Crippen LogP contribution in [0.3, 0.4) is 0 Å². The van der Waals surface area contributed by atoms with Gasteiger partial charge in [-0.15, -0.1) is 0 Å². The third-order valence-electron chi connectivity index (χ3n) is 6.58. The Bertz CT molecular complexity index is 1150. The summed E-state index contributed by atoms with van der Waals surface area (Å²) in [5, 5.41) is 2.72. The van der Waals surface area contributed by atoms with Gasteiger partial charge < -0.3 is 10.1 Å². The molecule has 8 heteroatoms. The maximum atomic E-state index is 13.0. The van der Waals surface area contributed by atoms with Gasteiger partial charge in [-0.3, -0.25) is 19.3 Å². The predicted molar refractivity (Wildman–Crippen MR) is 131 cm³/mol. The van der Waals surface area contributed by atoms with Crippen LogP contribution in [0.1, 0.15) is 47.7 Å². The number of carbonyl (C=O) groups excluding carboxylic acids is 4. The van der Waals surface area contributed by atoms with Gasteiger partial charge in [0, 0.05) is 10.2 Å². The molecular formula is C26H27BrN2O5. The standard InChI is InChI=1S/C26H27BrN2O5/c1-14-7-8-20-21(9-14)25(32)29(24(20)31)19-6-4-5-17(12-19)26(33)34-13-22(30)28-18-10-15(2)23(27)16(3)11-18/h4-6,10-12,14,20-21H,7-9,13H2,1-3H3,(H,28,30)/t14-,20+,21-/m0/s1. The first-order chi connectivity index (χ1) is 16.2. The fourth-order valence-corrected chi connectivity index (χ4v) is 5.07. The number of halogens is 1. The second-order valence-corrected chi connectivity index (χ2v) is 10.0. The van der Waals surface area contributed by atoms with Crippen molar-refractivity contribution in [3.8, 4) is 0 Å². The van der Waals surface area contributed by atoms with E-state index < -0.39 is 18.5 Å². The molecule has 1 aliphatic heterocycles. The third kappa shape index (κ3) is 4.78. The van der Waals surface area contributed by atoms with Crippen LogP contribution < -0.4 is 10.2 Å². The second-order valence-electron chi connectivity index (χ2n) is 9.24. The van der Waals surface area contributed by atoms with Gasteiger partial charge in [-0.2, -0.15) is 0 Å². The summed E-state index contributed by atoms with van der Waals surface area (Å²) < 4.78 is 6.15. The van der Waals surface area contributed by atoms with E-state index >= 15 is 0 Å². The summed E-state index contributed by atoms with van der Waals surface area (Å²) in [7, 11) is 0. The van der Waals surface area contributed by atoms with Crippen molar-refractivity contribution in [2.45, 2.75) is 40.0 Å². The molecule has 7 nitrogen and oxygen atoms in total. The number of fused-ring (bicyclic) bond motifs is 1. The lowest BCUT2D eigenvalue weighted by atomic mass is 9.76. The summed E-state index contributed by atoms with van der Waals surface area (Å²) in [6, 6.07) is 9.89. The first-order valence-corrected chi connectivity index (χ1v) is 12.2. The molecule has 2 aliphatic rings. The fourth-order valence-electron chi connectivity index (χ4n) is 4.85.